The number of aliphatic hydroxyl groups excluding tert-OH is 4. The van der Waals surface area contributed by atoms with Gasteiger partial charge < -0.3 is 44.8 Å². The van der Waals surface area contributed by atoms with Gasteiger partial charge in [0, 0.05) is 0 Å². The Kier molecular flexibility index (Phi) is 4.65. The first-order valence-electron chi connectivity index (χ1n) is 7.95. The molecule has 1 saturated heterocycles. The van der Waals surface area contributed by atoms with Crippen LogP contribution >= 0.6 is 0 Å². The molecule has 0 aromatic rings. The highest BCUT2D eigenvalue weighted by atomic mass is 16.8. The lowest BCUT2D eigenvalue weighted by atomic mass is 9.85. The number of allylic oxidation sites excluding steroid dienone is 1. The van der Waals surface area contributed by atoms with Crippen LogP contribution in [-0.2, 0) is 14.2 Å². The third-order valence-electron chi connectivity index (χ3n) is 5.22. The molecule has 0 amide bonds. The van der Waals surface area contributed by atoms with Crippen LogP contribution in [0.15, 0.2) is 12.3 Å². The third-order valence-corrected chi connectivity index (χ3v) is 5.22. The SMILES string of the molecule is C[C@]1(O)CCC2C=COC(OC3O[C@@](O)(CO)C(O)C(O)C3O)C21. The summed E-state index contributed by atoms with van der Waals surface area (Å²) in [4.78, 5) is 0. The van der Waals surface area contributed by atoms with E-state index in [4.69, 9.17) is 14.2 Å². The van der Waals surface area contributed by atoms with Crippen LogP contribution < -0.4 is 0 Å². The number of fused-ring (bicyclic) bond motifs is 1. The van der Waals surface area contributed by atoms with Crippen LogP contribution in [0, 0.1) is 11.8 Å². The average Bonchev–Trinajstić information content (AvgIpc) is 2.87. The van der Waals surface area contributed by atoms with E-state index >= 15 is 0 Å². The Morgan fingerprint density at radius 1 is 1.17 bits per heavy atom. The van der Waals surface area contributed by atoms with Crippen molar-refractivity contribution in [2.24, 2.45) is 11.8 Å². The summed E-state index contributed by atoms with van der Waals surface area (Å²) in [6.07, 6.45) is -3.37. The van der Waals surface area contributed by atoms with E-state index in [1.807, 2.05) is 6.08 Å². The van der Waals surface area contributed by atoms with Gasteiger partial charge in [0.05, 0.1) is 24.4 Å². The van der Waals surface area contributed by atoms with Crippen LogP contribution in [0.2, 0.25) is 0 Å². The Bertz CT molecular complexity index is 495. The summed E-state index contributed by atoms with van der Waals surface area (Å²) < 4.78 is 16.0. The summed E-state index contributed by atoms with van der Waals surface area (Å²) in [6.45, 7) is 0.657. The van der Waals surface area contributed by atoms with Crippen molar-refractivity contribution in [1.29, 1.82) is 0 Å². The molecule has 138 valence electrons. The quantitative estimate of drug-likeness (QED) is 0.333. The molecule has 9 atom stereocenters. The van der Waals surface area contributed by atoms with Gasteiger partial charge in [-0.25, -0.2) is 0 Å². The summed E-state index contributed by atoms with van der Waals surface area (Å²) in [6, 6.07) is 0. The molecule has 1 saturated carbocycles. The molecule has 3 rings (SSSR count). The second-order valence-electron chi connectivity index (χ2n) is 6.97. The van der Waals surface area contributed by atoms with E-state index in [2.05, 4.69) is 0 Å². The molecule has 9 nitrogen and oxygen atoms in total. The van der Waals surface area contributed by atoms with E-state index in [9.17, 15) is 30.6 Å². The van der Waals surface area contributed by atoms with Crippen LogP contribution in [-0.4, -0.2) is 79.5 Å². The van der Waals surface area contributed by atoms with Gasteiger partial charge in [-0.1, -0.05) is 0 Å². The zero-order valence-corrected chi connectivity index (χ0v) is 13.2. The summed E-state index contributed by atoms with van der Waals surface area (Å²) in [5.41, 5.74) is -1.05. The lowest BCUT2D eigenvalue weighted by Gasteiger charge is -2.46. The first-order chi connectivity index (χ1) is 11.2. The molecule has 7 unspecified atom stereocenters. The Hall–Kier alpha value is -0.780. The van der Waals surface area contributed by atoms with Crippen molar-refractivity contribution in [2.45, 2.75) is 62.0 Å². The lowest BCUT2D eigenvalue weighted by Crippen LogP contribution is -2.67. The maximum Gasteiger partial charge on any atom is 0.221 e. The Balaban J connectivity index is 1.78. The van der Waals surface area contributed by atoms with Crippen molar-refractivity contribution in [3.05, 3.63) is 12.3 Å². The van der Waals surface area contributed by atoms with Crippen LogP contribution in [0.4, 0.5) is 0 Å². The molecule has 1 aliphatic carbocycles. The monoisotopic (exact) mass is 348 g/mol. The van der Waals surface area contributed by atoms with E-state index in [-0.39, 0.29) is 5.92 Å². The molecule has 0 aromatic carbocycles. The number of ether oxygens (including phenoxy) is 3. The topological polar surface area (TPSA) is 149 Å². The van der Waals surface area contributed by atoms with Gasteiger partial charge in [-0.3, -0.25) is 0 Å². The third kappa shape index (κ3) is 2.85. The molecule has 2 fully saturated rings. The molecule has 24 heavy (non-hydrogen) atoms. The van der Waals surface area contributed by atoms with Gasteiger partial charge in [-0.05, 0) is 31.8 Å². The molecule has 0 radical (unpaired) electrons. The minimum absolute atomic E-state index is 0.0201. The minimum atomic E-state index is -2.48. The lowest BCUT2D eigenvalue weighted by molar-refractivity contribution is -0.417. The highest BCUT2D eigenvalue weighted by Gasteiger charge is 2.56. The fourth-order valence-electron chi connectivity index (χ4n) is 3.73. The minimum Gasteiger partial charge on any atom is -0.472 e. The van der Waals surface area contributed by atoms with E-state index in [1.165, 1.54) is 6.26 Å². The summed E-state index contributed by atoms with van der Waals surface area (Å²) in [5.74, 6) is -2.89. The normalized spacial score (nSPS) is 54.4. The van der Waals surface area contributed by atoms with E-state index in [0.717, 1.165) is 6.42 Å². The van der Waals surface area contributed by atoms with E-state index in [0.29, 0.717) is 6.42 Å². The zero-order chi connectivity index (χ0) is 17.7. The maximum absolute atomic E-state index is 10.5. The van der Waals surface area contributed by atoms with Gasteiger partial charge in [0.25, 0.3) is 0 Å². The van der Waals surface area contributed by atoms with Crippen molar-refractivity contribution in [3.63, 3.8) is 0 Å². The number of aliphatic hydroxyl groups is 6. The standard InChI is InChI=1S/C15H24O9/c1-14(20)4-2-7-3-5-22-12(8(7)14)23-13-10(18)9(17)11(19)15(21,6-16)24-13/h3,5,7-13,16-21H,2,4,6H2,1H3/t7?,8?,9?,10?,11?,12?,13?,14-,15-/m0/s1. The Labute approximate surface area is 138 Å². The fourth-order valence-corrected chi connectivity index (χ4v) is 3.73. The largest absolute Gasteiger partial charge is 0.472 e. The first-order valence-corrected chi connectivity index (χ1v) is 7.95. The highest BCUT2D eigenvalue weighted by molar-refractivity contribution is 5.06. The molecule has 0 spiro atoms. The Morgan fingerprint density at radius 3 is 2.54 bits per heavy atom. The van der Waals surface area contributed by atoms with Crippen LogP contribution in [0.1, 0.15) is 19.8 Å². The predicted octanol–water partition coefficient (Wildman–Crippen LogP) is -2.23. The molecule has 0 bridgehead atoms. The summed E-state index contributed by atoms with van der Waals surface area (Å²) >= 11 is 0. The first kappa shape index (κ1) is 18.0. The van der Waals surface area contributed by atoms with Crippen molar-refractivity contribution < 1.29 is 44.8 Å². The number of hydrogen-bond donors (Lipinski definition) is 6. The van der Waals surface area contributed by atoms with Gasteiger partial charge in [0.2, 0.25) is 12.1 Å². The molecular formula is C15H24O9. The van der Waals surface area contributed by atoms with Crippen molar-refractivity contribution in [1.82, 2.24) is 0 Å². The highest BCUT2D eigenvalue weighted by Crippen LogP contribution is 2.46. The molecule has 2 heterocycles. The van der Waals surface area contributed by atoms with E-state index < -0.39 is 54.8 Å². The van der Waals surface area contributed by atoms with Gasteiger partial charge in [-0.2, -0.15) is 0 Å². The fraction of sp³-hybridized carbons (Fsp3) is 0.867. The second kappa shape index (κ2) is 6.19. The molecule has 3 aliphatic rings. The van der Waals surface area contributed by atoms with Crippen molar-refractivity contribution in [3.8, 4) is 0 Å². The van der Waals surface area contributed by atoms with Crippen LogP contribution in [0.25, 0.3) is 0 Å². The van der Waals surface area contributed by atoms with Crippen LogP contribution in [0.3, 0.4) is 0 Å². The Morgan fingerprint density at radius 2 is 1.88 bits per heavy atom. The maximum atomic E-state index is 10.5. The zero-order valence-electron chi connectivity index (χ0n) is 13.2. The summed E-state index contributed by atoms with van der Waals surface area (Å²) in [7, 11) is 0. The average molecular weight is 348 g/mol. The number of hydrogen-bond acceptors (Lipinski definition) is 9. The molecular weight excluding hydrogens is 324 g/mol. The van der Waals surface area contributed by atoms with Gasteiger partial charge in [-0.15, -0.1) is 0 Å². The van der Waals surface area contributed by atoms with E-state index in [1.54, 1.807) is 6.92 Å². The van der Waals surface area contributed by atoms with Gasteiger partial charge >= 0.3 is 0 Å². The van der Waals surface area contributed by atoms with Gasteiger partial charge in [0.1, 0.15) is 18.3 Å². The second-order valence-corrected chi connectivity index (χ2v) is 6.97. The van der Waals surface area contributed by atoms with Crippen molar-refractivity contribution in [2.75, 3.05) is 6.61 Å². The molecule has 2 aliphatic heterocycles. The van der Waals surface area contributed by atoms with Crippen molar-refractivity contribution >= 4 is 0 Å². The van der Waals surface area contributed by atoms with Crippen LogP contribution in [0.5, 0.6) is 0 Å². The molecule has 6 N–H and O–H groups in total. The molecule has 0 aromatic heterocycles. The smallest absolute Gasteiger partial charge is 0.221 e. The molecule has 9 heteroatoms. The predicted molar refractivity (Wildman–Crippen MR) is 76.9 cm³/mol. The summed E-state index contributed by atoms with van der Waals surface area (Å²) in [5, 5.41) is 59.4. The van der Waals surface area contributed by atoms with Gasteiger partial charge in [0.15, 0.2) is 6.29 Å². The number of rotatable bonds is 3.